The van der Waals surface area contributed by atoms with E-state index in [-0.39, 0.29) is 5.91 Å². The summed E-state index contributed by atoms with van der Waals surface area (Å²) < 4.78 is 6.93. The van der Waals surface area contributed by atoms with Crippen molar-refractivity contribution in [1.29, 1.82) is 0 Å². The van der Waals surface area contributed by atoms with E-state index < -0.39 is 0 Å². The molecule has 0 spiro atoms. The van der Waals surface area contributed by atoms with Gasteiger partial charge in [0.15, 0.2) is 0 Å². The van der Waals surface area contributed by atoms with Crippen molar-refractivity contribution < 1.29 is 9.53 Å². The smallest absolute Gasteiger partial charge is 0.258 e. The summed E-state index contributed by atoms with van der Waals surface area (Å²) >= 11 is 0. The summed E-state index contributed by atoms with van der Waals surface area (Å²) in [6.45, 7) is 0.945. The number of benzene rings is 1. The van der Waals surface area contributed by atoms with Crippen LogP contribution < -0.4 is 15.8 Å². The van der Waals surface area contributed by atoms with Crippen LogP contribution in [0.1, 0.15) is 10.4 Å². The van der Waals surface area contributed by atoms with E-state index in [0.29, 0.717) is 24.4 Å². The zero-order valence-corrected chi connectivity index (χ0v) is 10.7. The molecule has 19 heavy (non-hydrogen) atoms. The second-order valence-corrected chi connectivity index (χ2v) is 4.02. The number of aromatic nitrogens is 2. The topological polar surface area (TPSA) is 82.2 Å². The highest BCUT2D eigenvalue weighted by Gasteiger charge is 2.07. The fourth-order valence-electron chi connectivity index (χ4n) is 1.55. The number of hydrogen-bond acceptors (Lipinski definition) is 4. The highest BCUT2D eigenvalue weighted by molar-refractivity contribution is 6.03. The van der Waals surface area contributed by atoms with Gasteiger partial charge in [-0.2, -0.15) is 5.10 Å². The summed E-state index contributed by atoms with van der Waals surface area (Å²) in [7, 11) is 1.76. The lowest BCUT2D eigenvalue weighted by molar-refractivity contribution is 0.102. The first-order chi connectivity index (χ1) is 9.19. The third-order valence-corrected chi connectivity index (χ3v) is 2.47. The molecule has 0 aliphatic heterocycles. The van der Waals surface area contributed by atoms with E-state index in [1.165, 1.54) is 6.20 Å². The van der Waals surface area contributed by atoms with Crippen LogP contribution >= 0.6 is 0 Å². The molecule has 6 heteroatoms. The van der Waals surface area contributed by atoms with Crippen molar-refractivity contribution in [2.45, 2.75) is 0 Å². The first-order valence-corrected chi connectivity index (χ1v) is 5.92. The minimum Gasteiger partial charge on any atom is -0.492 e. The molecule has 6 nitrogen and oxygen atoms in total. The van der Waals surface area contributed by atoms with Gasteiger partial charge < -0.3 is 15.8 Å². The minimum absolute atomic E-state index is 0.191. The molecule has 0 aliphatic carbocycles. The number of anilines is 1. The Bertz CT molecular complexity index is 548. The Labute approximate surface area is 111 Å². The van der Waals surface area contributed by atoms with Crippen molar-refractivity contribution in [3.05, 3.63) is 42.2 Å². The quantitative estimate of drug-likeness (QED) is 0.840. The van der Waals surface area contributed by atoms with Gasteiger partial charge in [-0.3, -0.25) is 9.48 Å². The van der Waals surface area contributed by atoms with Crippen molar-refractivity contribution in [3.8, 4) is 5.75 Å². The Morgan fingerprint density at radius 1 is 1.42 bits per heavy atom. The number of nitrogens with zero attached hydrogens (tertiary/aromatic N) is 2. The standard InChI is InChI=1S/C13H16N4O2/c1-17-9-10(8-15-17)13(18)16-11-2-4-12(5-3-11)19-7-6-14/h2-5,8-9H,6-7,14H2,1H3,(H,16,18). The first kappa shape index (κ1) is 13.1. The number of ether oxygens (including phenoxy) is 1. The van der Waals surface area contributed by atoms with Gasteiger partial charge >= 0.3 is 0 Å². The molecule has 0 atom stereocenters. The lowest BCUT2D eigenvalue weighted by Gasteiger charge is -2.06. The first-order valence-electron chi connectivity index (χ1n) is 5.92. The molecule has 0 radical (unpaired) electrons. The van der Waals surface area contributed by atoms with Crippen molar-refractivity contribution in [1.82, 2.24) is 9.78 Å². The highest BCUT2D eigenvalue weighted by atomic mass is 16.5. The Morgan fingerprint density at radius 3 is 2.74 bits per heavy atom. The van der Waals surface area contributed by atoms with Gasteiger partial charge in [0.05, 0.1) is 11.8 Å². The number of carbonyl (C=O) groups excluding carboxylic acids is 1. The van der Waals surface area contributed by atoms with Crippen LogP contribution in [-0.4, -0.2) is 28.8 Å². The molecule has 1 aromatic heterocycles. The van der Waals surface area contributed by atoms with Crippen LogP contribution in [0.15, 0.2) is 36.7 Å². The van der Waals surface area contributed by atoms with Crippen LogP contribution in [0.2, 0.25) is 0 Å². The molecular formula is C13H16N4O2. The summed E-state index contributed by atoms with van der Waals surface area (Å²) in [6.07, 6.45) is 3.18. The van der Waals surface area contributed by atoms with Crippen molar-refractivity contribution in [2.24, 2.45) is 12.8 Å². The third kappa shape index (κ3) is 3.56. The lowest BCUT2D eigenvalue weighted by atomic mass is 10.2. The van der Waals surface area contributed by atoms with Gasteiger partial charge in [-0.05, 0) is 24.3 Å². The maximum absolute atomic E-state index is 11.9. The molecule has 1 amide bonds. The van der Waals surface area contributed by atoms with Crippen LogP contribution in [0.25, 0.3) is 0 Å². The van der Waals surface area contributed by atoms with Gasteiger partial charge in [-0.1, -0.05) is 0 Å². The summed E-state index contributed by atoms with van der Waals surface area (Å²) in [4.78, 5) is 11.9. The fourth-order valence-corrected chi connectivity index (χ4v) is 1.55. The maximum Gasteiger partial charge on any atom is 0.258 e. The van der Waals surface area contributed by atoms with Gasteiger partial charge in [0.1, 0.15) is 12.4 Å². The van der Waals surface area contributed by atoms with Crippen molar-refractivity contribution >= 4 is 11.6 Å². The summed E-state index contributed by atoms with van der Waals surface area (Å²) in [5.41, 5.74) is 6.57. The SMILES string of the molecule is Cn1cc(C(=O)Nc2ccc(OCCN)cc2)cn1. The number of nitrogens with one attached hydrogen (secondary N) is 1. The predicted octanol–water partition coefficient (Wildman–Crippen LogP) is 1.01. The van der Waals surface area contributed by atoms with Gasteiger partial charge in [0.2, 0.25) is 0 Å². The zero-order valence-electron chi connectivity index (χ0n) is 10.7. The summed E-state index contributed by atoms with van der Waals surface area (Å²) in [5.74, 6) is 0.536. The normalized spacial score (nSPS) is 10.2. The third-order valence-electron chi connectivity index (χ3n) is 2.47. The van der Waals surface area contributed by atoms with Crippen LogP contribution in [0, 0.1) is 0 Å². The molecule has 0 fully saturated rings. The molecular weight excluding hydrogens is 244 g/mol. The van der Waals surface area contributed by atoms with E-state index in [1.54, 1.807) is 42.2 Å². The monoisotopic (exact) mass is 260 g/mol. The second-order valence-electron chi connectivity index (χ2n) is 4.02. The molecule has 2 rings (SSSR count). The number of aryl methyl sites for hydroxylation is 1. The number of rotatable bonds is 5. The highest BCUT2D eigenvalue weighted by Crippen LogP contribution is 2.16. The van der Waals surface area contributed by atoms with Gasteiger partial charge in [-0.25, -0.2) is 0 Å². The van der Waals surface area contributed by atoms with E-state index in [9.17, 15) is 4.79 Å². The molecule has 1 heterocycles. The molecule has 0 saturated heterocycles. The number of nitrogens with two attached hydrogens (primary N) is 1. The number of amides is 1. The Kier molecular flexibility index (Phi) is 4.15. The van der Waals surface area contributed by atoms with E-state index in [2.05, 4.69) is 10.4 Å². The molecule has 0 aliphatic rings. The molecule has 1 aromatic carbocycles. The number of carbonyl (C=O) groups is 1. The largest absolute Gasteiger partial charge is 0.492 e. The average Bonchev–Trinajstić information content (AvgIpc) is 2.85. The van der Waals surface area contributed by atoms with Gasteiger partial charge in [0.25, 0.3) is 5.91 Å². The zero-order chi connectivity index (χ0) is 13.7. The fraction of sp³-hybridized carbons (Fsp3) is 0.231. The second kappa shape index (κ2) is 6.01. The van der Waals surface area contributed by atoms with Crippen molar-refractivity contribution in [2.75, 3.05) is 18.5 Å². The minimum atomic E-state index is -0.191. The predicted molar refractivity (Wildman–Crippen MR) is 72.2 cm³/mol. The van der Waals surface area contributed by atoms with E-state index in [1.807, 2.05) is 0 Å². The van der Waals surface area contributed by atoms with Gasteiger partial charge in [-0.15, -0.1) is 0 Å². The Morgan fingerprint density at radius 2 is 2.16 bits per heavy atom. The van der Waals surface area contributed by atoms with Crippen LogP contribution in [0.5, 0.6) is 5.75 Å². The summed E-state index contributed by atoms with van der Waals surface area (Å²) in [6, 6.07) is 7.13. The van der Waals surface area contributed by atoms with E-state index in [4.69, 9.17) is 10.5 Å². The molecule has 3 N–H and O–H groups in total. The van der Waals surface area contributed by atoms with Crippen LogP contribution in [0.4, 0.5) is 5.69 Å². The molecule has 0 bridgehead atoms. The van der Waals surface area contributed by atoms with Crippen LogP contribution in [0.3, 0.4) is 0 Å². The van der Waals surface area contributed by atoms with Gasteiger partial charge in [0, 0.05) is 25.5 Å². The summed E-state index contributed by atoms with van der Waals surface area (Å²) in [5, 5.41) is 6.73. The Hall–Kier alpha value is -2.34. The van der Waals surface area contributed by atoms with E-state index in [0.717, 1.165) is 5.75 Å². The maximum atomic E-state index is 11.9. The Balaban J connectivity index is 1.97. The van der Waals surface area contributed by atoms with E-state index >= 15 is 0 Å². The molecule has 0 unspecified atom stereocenters. The van der Waals surface area contributed by atoms with Crippen LogP contribution in [-0.2, 0) is 7.05 Å². The molecule has 0 saturated carbocycles. The lowest BCUT2D eigenvalue weighted by Crippen LogP contribution is -2.12. The number of hydrogen-bond donors (Lipinski definition) is 2. The molecule has 2 aromatic rings. The average molecular weight is 260 g/mol. The van der Waals surface area contributed by atoms with Crippen molar-refractivity contribution in [3.63, 3.8) is 0 Å². The molecule has 100 valence electrons.